The summed E-state index contributed by atoms with van der Waals surface area (Å²) in [5.41, 5.74) is 8.12. The Morgan fingerprint density at radius 1 is 1.47 bits per heavy atom. The second-order valence-electron chi connectivity index (χ2n) is 3.69. The Kier molecular flexibility index (Phi) is 4.03. The first-order valence-electron chi connectivity index (χ1n) is 4.68. The lowest BCUT2D eigenvalue weighted by Gasteiger charge is -2.02. The molecule has 0 saturated carbocycles. The van der Waals surface area contributed by atoms with E-state index in [1.54, 1.807) is 0 Å². The van der Waals surface area contributed by atoms with Crippen molar-refractivity contribution in [3.8, 4) is 0 Å². The van der Waals surface area contributed by atoms with E-state index in [1.165, 1.54) is 10.9 Å². The van der Waals surface area contributed by atoms with Crippen molar-refractivity contribution in [2.45, 2.75) is 19.4 Å². The quantitative estimate of drug-likeness (QED) is 0.749. The minimum atomic E-state index is 0. The molecule has 0 aliphatic heterocycles. The van der Waals surface area contributed by atoms with Gasteiger partial charge in [0.05, 0.1) is 0 Å². The minimum Gasteiger partial charge on any atom is -1.00 e. The Hall–Kier alpha value is -0.700. The fourth-order valence-electron chi connectivity index (χ4n) is 1.67. The maximum atomic E-state index is 5.94. The third-order valence-electron chi connectivity index (χ3n) is 2.27. The molecule has 0 bridgehead atoms. The first kappa shape index (κ1) is 12.4. The van der Waals surface area contributed by atoms with Crippen molar-refractivity contribution in [2.75, 3.05) is 0 Å². The van der Waals surface area contributed by atoms with E-state index < -0.39 is 0 Å². The molecule has 4 heteroatoms. The summed E-state index contributed by atoms with van der Waals surface area (Å²) in [5, 5.41) is 1.94. The van der Waals surface area contributed by atoms with E-state index in [1.807, 2.05) is 31.3 Å². The third kappa shape index (κ3) is 2.65. The van der Waals surface area contributed by atoms with Crippen molar-refractivity contribution in [1.82, 2.24) is 4.98 Å². The number of hydrogen-bond donors (Lipinski definition) is 2. The van der Waals surface area contributed by atoms with Crippen LogP contribution in [0.3, 0.4) is 0 Å². The van der Waals surface area contributed by atoms with E-state index in [4.69, 9.17) is 17.3 Å². The first-order valence-corrected chi connectivity index (χ1v) is 5.05. The van der Waals surface area contributed by atoms with E-state index in [0.717, 1.165) is 17.0 Å². The molecular formula is C11H13Cl2N2-. The Morgan fingerprint density at radius 3 is 2.87 bits per heavy atom. The molecule has 1 aromatic carbocycles. The molecule has 1 atom stereocenters. The van der Waals surface area contributed by atoms with E-state index in [2.05, 4.69) is 4.98 Å². The predicted octanol–water partition coefficient (Wildman–Crippen LogP) is -0.285. The molecule has 82 valence electrons. The average Bonchev–Trinajstić information content (AvgIpc) is 2.47. The van der Waals surface area contributed by atoms with E-state index in [9.17, 15) is 0 Å². The Bertz CT molecular complexity index is 449. The van der Waals surface area contributed by atoms with Crippen LogP contribution in [0.1, 0.15) is 12.5 Å². The number of H-pyrrole nitrogens is 1. The normalized spacial score (nSPS) is 12.5. The molecule has 2 rings (SSSR count). The second kappa shape index (κ2) is 4.88. The Balaban J connectivity index is 0.00000112. The van der Waals surface area contributed by atoms with Gasteiger partial charge in [-0.05, 0) is 37.1 Å². The van der Waals surface area contributed by atoms with Crippen molar-refractivity contribution in [3.63, 3.8) is 0 Å². The van der Waals surface area contributed by atoms with Crippen LogP contribution in [0.5, 0.6) is 0 Å². The van der Waals surface area contributed by atoms with Crippen molar-refractivity contribution < 1.29 is 12.4 Å². The van der Waals surface area contributed by atoms with Gasteiger partial charge in [-0.25, -0.2) is 0 Å². The fraction of sp³-hybridized carbons (Fsp3) is 0.273. The molecular weight excluding hydrogens is 231 g/mol. The average molecular weight is 244 g/mol. The molecule has 0 radical (unpaired) electrons. The van der Waals surface area contributed by atoms with Crippen LogP contribution in [0.4, 0.5) is 0 Å². The van der Waals surface area contributed by atoms with Gasteiger partial charge in [-0.2, -0.15) is 0 Å². The zero-order valence-electron chi connectivity index (χ0n) is 8.43. The highest BCUT2D eigenvalue weighted by atomic mass is 35.5. The number of hydrogen-bond acceptors (Lipinski definition) is 1. The first-order chi connectivity index (χ1) is 6.66. The smallest absolute Gasteiger partial charge is 0.0457 e. The highest BCUT2D eigenvalue weighted by molar-refractivity contribution is 6.31. The predicted molar refractivity (Wildman–Crippen MR) is 60.7 cm³/mol. The summed E-state index contributed by atoms with van der Waals surface area (Å²) in [6, 6.07) is 6.02. The standard InChI is InChI=1S/C11H13ClN2.ClH/c1-7(13)4-8-6-14-11-3-2-9(12)5-10(8)11;/h2-3,5-7,14H,4,13H2,1H3;1H/p-1. The highest BCUT2D eigenvalue weighted by Crippen LogP contribution is 2.22. The molecule has 0 aliphatic carbocycles. The van der Waals surface area contributed by atoms with Gasteiger partial charge in [0.2, 0.25) is 0 Å². The van der Waals surface area contributed by atoms with E-state index in [-0.39, 0.29) is 18.4 Å². The summed E-state index contributed by atoms with van der Waals surface area (Å²) in [7, 11) is 0. The number of benzene rings is 1. The number of nitrogens with two attached hydrogens (primary N) is 1. The van der Waals surface area contributed by atoms with Crippen molar-refractivity contribution in [1.29, 1.82) is 0 Å². The van der Waals surface area contributed by atoms with E-state index in [0.29, 0.717) is 0 Å². The zero-order valence-corrected chi connectivity index (χ0v) is 9.94. The summed E-state index contributed by atoms with van der Waals surface area (Å²) in [5.74, 6) is 0. The third-order valence-corrected chi connectivity index (χ3v) is 2.51. The number of nitrogens with one attached hydrogen (secondary N) is 1. The van der Waals surface area contributed by atoms with Crippen molar-refractivity contribution in [2.24, 2.45) is 5.73 Å². The van der Waals surface area contributed by atoms with Gasteiger partial charge in [0.25, 0.3) is 0 Å². The van der Waals surface area contributed by atoms with Gasteiger partial charge >= 0.3 is 0 Å². The molecule has 3 N–H and O–H groups in total. The molecule has 0 spiro atoms. The lowest BCUT2D eigenvalue weighted by Crippen LogP contribution is -3.00. The minimum absolute atomic E-state index is 0. The van der Waals surface area contributed by atoms with Crippen LogP contribution >= 0.6 is 11.6 Å². The van der Waals surface area contributed by atoms with Crippen molar-refractivity contribution >= 4 is 22.5 Å². The molecule has 0 saturated heterocycles. The lowest BCUT2D eigenvalue weighted by atomic mass is 10.1. The topological polar surface area (TPSA) is 41.8 Å². The van der Waals surface area contributed by atoms with Crippen molar-refractivity contribution in [3.05, 3.63) is 35.0 Å². The zero-order chi connectivity index (χ0) is 10.1. The van der Waals surface area contributed by atoms with Gasteiger partial charge < -0.3 is 23.1 Å². The highest BCUT2D eigenvalue weighted by Gasteiger charge is 2.05. The summed E-state index contributed by atoms with van der Waals surface area (Å²) < 4.78 is 0. The van der Waals surface area contributed by atoms with Crippen LogP contribution in [0.25, 0.3) is 10.9 Å². The molecule has 0 fully saturated rings. The van der Waals surface area contributed by atoms with Crippen LogP contribution in [-0.4, -0.2) is 11.0 Å². The van der Waals surface area contributed by atoms with Gasteiger partial charge in [-0.1, -0.05) is 11.6 Å². The van der Waals surface area contributed by atoms with Crippen LogP contribution < -0.4 is 18.1 Å². The van der Waals surface area contributed by atoms with E-state index >= 15 is 0 Å². The van der Waals surface area contributed by atoms with Gasteiger partial charge in [0.15, 0.2) is 0 Å². The number of aromatic amines is 1. The number of rotatable bonds is 2. The van der Waals surface area contributed by atoms with Gasteiger partial charge in [-0.3, -0.25) is 0 Å². The summed E-state index contributed by atoms with van der Waals surface area (Å²) >= 11 is 5.94. The van der Waals surface area contributed by atoms with Gasteiger partial charge in [-0.15, -0.1) is 0 Å². The van der Waals surface area contributed by atoms with Crippen LogP contribution in [0, 0.1) is 0 Å². The second-order valence-corrected chi connectivity index (χ2v) is 4.12. The Morgan fingerprint density at radius 2 is 2.20 bits per heavy atom. The molecule has 1 unspecified atom stereocenters. The number of fused-ring (bicyclic) bond motifs is 1. The molecule has 1 aromatic heterocycles. The van der Waals surface area contributed by atoms with Gasteiger partial charge in [0.1, 0.15) is 0 Å². The molecule has 2 nitrogen and oxygen atoms in total. The monoisotopic (exact) mass is 243 g/mol. The number of halogens is 2. The van der Waals surface area contributed by atoms with Crippen LogP contribution in [-0.2, 0) is 6.42 Å². The molecule has 0 aliphatic rings. The van der Waals surface area contributed by atoms with Crippen LogP contribution in [0.15, 0.2) is 24.4 Å². The Labute approximate surface area is 100 Å². The summed E-state index contributed by atoms with van der Waals surface area (Å²) in [6.07, 6.45) is 2.88. The maximum Gasteiger partial charge on any atom is 0.0457 e. The van der Waals surface area contributed by atoms with Crippen LogP contribution in [0.2, 0.25) is 5.02 Å². The lowest BCUT2D eigenvalue weighted by molar-refractivity contribution is -0.00000306. The molecule has 2 aromatic rings. The largest absolute Gasteiger partial charge is 1.00 e. The molecule has 1 heterocycles. The molecule has 15 heavy (non-hydrogen) atoms. The summed E-state index contributed by atoms with van der Waals surface area (Å²) in [6.45, 7) is 2.00. The summed E-state index contributed by atoms with van der Waals surface area (Å²) in [4.78, 5) is 3.21. The number of aromatic nitrogens is 1. The van der Waals surface area contributed by atoms with Gasteiger partial charge in [0, 0.05) is 28.2 Å². The molecule has 0 amide bonds. The maximum absolute atomic E-state index is 5.94. The fourth-order valence-corrected chi connectivity index (χ4v) is 1.84. The SMILES string of the molecule is CC(N)Cc1c[nH]c2ccc(Cl)cc12.[Cl-].